The monoisotopic (exact) mass is 388 g/mol. The average molecular weight is 389 g/mol. The van der Waals surface area contributed by atoms with Gasteiger partial charge in [-0.3, -0.25) is 4.79 Å². The molecular formula is C17H23Cl2FN4O. The lowest BCUT2D eigenvalue weighted by atomic mass is 10.2. The summed E-state index contributed by atoms with van der Waals surface area (Å²) in [5, 5.41) is 2.93. The number of nitrogens with zero attached hydrogens (tertiary/aromatic N) is 3. The molecule has 0 spiro atoms. The van der Waals surface area contributed by atoms with Gasteiger partial charge < -0.3 is 14.8 Å². The standard InChI is InChI=1S/C17H21FN4O.2ClH/c1-21(17(23)15-9-14(18)10-20-15)12-16-19-7-8-22(16)11-13-5-3-2-4-6-13;;/h2-8,14-15,20H,9-12H2,1H3;2*1H/t14-,15+;;/m0../s1. The SMILES string of the molecule is CN(Cc1nccn1Cc1ccccc1)C(=O)[C@H]1C[C@H](F)CN1.Cl.Cl. The fourth-order valence-electron chi connectivity index (χ4n) is 2.85. The number of hydrogen-bond acceptors (Lipinski definition) is 3. The van der Waals surface area contributed by atoms with Crippen LogP contribution >= 0.6 is 24.8 Å². The van der Waals surface area contributed by atoms with Crippen LogP contribution in [0.5, 0.6) is 0 Å². The van der Waals surface area contributed by atoms with Gasteiger partial charge in [-0.15, -0.1) is 24.8 Å². The van der Waals surface area contributed by atoms with E-state index in [0.29, 0.717) is 13.1 Å². The second-order valence-corrected chi connectivity index (χ2v) is 5.95. The van der Waals surface area contributed by atoms with E-state index in [9.17, 15) is 9.18 Å². The van der Waals surface area contributed by atoms with Crippen LogP contribution in [-0.4, -0.2) is 46.2 Å². The van der Waals surface area contributed by atoms with E-state index < -0.39 is 12.2 Å². The number of benzene rings is 1. The Bertz CT molecular complexity index is 668. The summed E-state index contributed by atoms with van der Waals surface area (Å²) in [6.07, 6.45) is 2.97. The Morgan fingerprint density at radius 2 is 2.08 bits per heavy atom. The lowest BCUT2D eigenvalue weighted by Gasteiger charge is -2.21. The van der Waals surface area contributed by atoms with E-state index in [0.717, 1.165) is 5.82 Å². The Kier molecular flexibility index (Phi) is 8.35. The summed E-state index contributed by atoms with van der Waals surface area (Å²) in [6, 6.07) is 9.68. The van der Waals surface area contributed by atoms with Gasteiger partial charge in [-0.25, -0.2) is 9.37 Å². The highest BCUT2D eigenvalue weighted by Gasteiger charge is 2.31. The minimum atomic E-state index is -0.933. The summed E-state index contributed by atoms with van der Waals surface area (Å²) in [6.45, 7) is 1.38. The quantitative estimate of drug-likeness (QED) is 0.855. The molecule has 1 amide bonds. The van der Waals surface area contributed by atoms with Crippen LogP contribution in [0.2, 0.25) is 0 Å². The number of hydrogen-bond donors (Lipinski definition) is 1. The highest BCUT2D eigenvalue weighted by Crippen LogP contribution is 2.14. The predicted molar refractivity (Wildman–Crippen MR) is 100 cm³/mol. The van der Waals surface area contributed by atoms with Crippen LogP contribution in [-0.2, 0) is 17.9 Å². The van der Waals surface area contributed by atoms with Gasteiger partial charge in [-0.2, -0.15) is 0 Å². The van der Waals surface area contributed by atoms with Crippen molar-refractivity contribution < 1.29 is 9.18 Å². The molecule has 3 rings (SSSR count). The van der Waals surface area contributed by atoms with Crippen LogP contribution in [0.4, 0.5) is 4.39 Å². The molecule has 1 aliphatic heterocycles. The third kappa shape index (κ3) is 5.42. The molecule has 0 saturated carbocycles. The molecule has 2 heterocycles. The van der Waals surface area contributed by atoms with Crippen molar-refractivity contribution in [3.05, 3.63) is 54.1 Å². The molecule has 2 aromatic rings. The summed E-state index contributed by atoms with van der Waals surface area (Å²) in [5.41, 5.74) is 1.18. The fourth-order valence-corrected chi connectivity index (χ4v) is 2.85. The van der Waals surface area contributed by atoms with Gasteiger partial charge in [0.15, 0.2) is 0 Å². The lowest BCUT2D eigenvalue weighted by Crippen LogP contribution is -2.41. The maximum absolute atomic E-state index is 13.2. The van der Waals surface area contributed by atoms with Crippen molar-refractivity contribution in [2.24, 2.45) is 0 Å². The normalized spacial score (nSPS) is 19.0. The minimum absolute atomic E-state index is 0. The van der Waals surface area contributed by atoms with Gasteiger partial charge in [0, 0.05) is 39.0 Å². The van der Waals surface area contributed by atoms with Crippen LogP contribution in [0.25, 0.3) is 0 Å². The van der Waals surface area contributed by atoms with Crippen molar-refractivity contribution in [3.63, 3.8) is 0 Å². The summed E-state index contributed by atoms with van der Waals surface area (Å²) in [4.78, 5) is 18.3. The number of imidazole rings is 1. The third-order valence-electron chi connectivity index (χ3n) is 4.13. The average Bonchev–Trinajstić information content (AvgIpc) is 3.17. The van der Waals surface area contributed by atoms with Gasteiger partial charge in [0.25, 0.3) is 0 Å². The second-order valence-electron chi connectivity index (χ2n) is 5.95. The number of carbonyl (C=O) groups excluding carboxylic acids is 1. The van der Waals surface area contributed by atoms with Crippen molar-refractivity contribution >= 4 is 30.7 Å². The highest BCUT2D eigenvalue weighted by atomic mass is 35.5. The summed E-state index contributed by atoms with van der Waals surface area (Å²) < 4.78 is 15.3. The zero-order valence-electron chi connectivity index (χ0n) is 14.0. The summed E-state index contributed by atoms with van der Waals surface area (Å²) in [7, 11) is 1.73. The number of carbonyl (C=O) groups is 1. The third-order valence-corrected chi connectivity index (χ3v) is 4.13. The number of halogens is 3. The number of amides is 1. The van der Waals surface area contributed by atoms with Gasteiger partial charge in [-0.1, -0.05) is 30.3 Å². The Balaban J connectivity index is 0.00000156. The van der Waals surface area contributed by atoms with Crippen LogP contribution < -0.4 is 5.32 Å². The van der Waals surface area contributed by atoms with E-state index in [4.69, 9.17) is 0 Å². The molecule has 0 aliphatic carbocycles. The molecular weight excluding hydrogens is 366 g/mol. The van der Waals surface area contributed by atoms with Crippen molar-refractivity contribution in [2.45, 2.75) is 31.7 Å². The number of nitrogens with one attached hydrogen (secondary N) is 1. The number of likely N-dealkylation sites (N-methyl/N-ethyl adjacent to an activating group) is 1. The van der Waals surface area contributed by atoms with Gasteiger partial charge in [0.05, 0.1) is 12.6 Å². The highest BCUT2D eigenvalue weighted by molar-refractivity contribution is 5.85. The fraction of sp³-hybridized carbons (Fsp3) is 0.412. The molecule has 0 unspecified atom stereocenters. The number of alkyl halides is 1. The second kappa shape index (κ2) is 9.75. The number of aromatic nitrogens is 2. The molecule has 1 N–H and O–H groups in total. The van der Waals surface area contributed by atoms with E-state index in [1.165, 1.54) is 5.56 Å². The van der Waals surface area contributed by atoms with Crippen molar-refractivity contribution in [3.8, 4) is 0 Å². The topological polar surface area (TPSA) is 50.2 Å². The van der Waals surface area contributed by atoms with Gasteiger partial charge in [0.1, 0.15) is 12.0 Å². The molecule has 1 aliphatic rings. The molecule has 138 valence electrons. The van der Waals surface area contributed by atoms with Gasteiger partial charge in [0.2, 0.25) is 5.91 Å². The molecule has 2 atom stereocenters. The first-order valence-corrected chi connectivity index (χ1v) is 7.80. The molecule has 1 fully saturated rings. The first-order chi connectivity index (χ1) is 11.1. The van der Waals surface area contributed by atoms with Crippen molar-refractivity contribution in [2.75, 3.05) is 13.6 Å². The zero-order valence-corrected chi connectivity index (χ0v) is 15.6. The van der Waals surface area contributed by atoms with E-state index in [2.05, 4.69) is 22.4 Å². The predicted octanol–water partition coefficient (Wildman–Crippen LogP) is 2.43. The molecule has 0 bridgehead atoms. The van der Waals surface area contributed by atoms with E-state index in [-0.39, 0.29) is 43.7 Å². The van der Waals surface area contributed by atoms with Gasteiger partial charge in [-0.05, 0) is 5.56 Å². The van der Waals surface area contributed by atoms with Gasteiger partial charge >= 0.3 is 0 Å². The summed E-state index contributed by atoms with van der Waals surface area (Å²) >= 11 is 0. The van der Waals surface area contributed by atoms with E-state index >= 15 is 0 Å². The Morgan fingerprint density at radius 1 is 1.36 bits per heavy atom. The van der Waals surface area contributed by atoms with Crippen molar-refractivity contribution in [1.82, 2.24) is 19.8 Å². The molecule has 25 heavy (non-hydrogen) atoms. The number of rotatable bonds is 5. The molecule has 1 aromatic carbocycles. The maximum atomic E-state index is 13.2. The van der Waals surface area contributed by atoms with Crippen LogP contribution in [0.15, 0.2) is 42.7 Å². The summed E-state index contributed by atoms with van der Waals surface area (Å²) in [5.74, 6) is 0.735. The smallest absolute Gasteiger partial charge is 0.239 e. The largest absolute Gasteiger partial charge is 0.337 e. The van der Waals surface area contributed by atoms with E-state index in [1.807, 2.05) is 29.0 Å². The van der Waals surface area contributed by atoms with Crippen LogP contribution in [0.3, 0.4) is 0 Å². The minimum Gasteiger partial charge on any atom is -0.337 e. The molecule has 0 radical (unpaired) electrons. The Hall–Kier alpha value is -1.63. The maximum Gasteiger partial charge on any atom is 0.239 e. The van der Waals surface area contributed by atoms with Crippen LogP contribution in [0.1, 0.15) is 17.8 Å². The first-order valence-electron chi connectivity index (χ1n) is 7.80. The Morgan fingerprint density at radius 3 is 2.72 bits per heavy atom. The molecule has 8 heteroatoms. The first kappa shape index (κ1) is 21.4. The lowest BCUT2D eigenvalue weighted by molar-refractivity contribution is -0.132. The van der Waals surface area contributed by atoms with Crippen molar-refractivity contribution in [1.29, 1.82) is 0 Å². The molecule has 5 nitrogen and oxygen atoms in total. The zero-order chi connectivity index (χ0) is 16.2. The Labute approximate surface area is 159 Å². The molecule has 1 aromatic heterocycles. The molecule has 1 saturated heterocycles. The van der Waals surface area contributed by atoms with E-state index in [1.54, 1.807) is 18.1 Å². The van der Waals surface area contributed by atoms with Crippen LogP contribution in [0, 0.1) is 0 Å².